The Labute approximate surface area is 187 Å². The van der Waals surface area contributed by atoms with Gasteiger partial charge >= 0.3 is 12.3 Å². The Kier molecular flexibility index (Phi) is 7.69. The molecule has 1 N–H and O–H groups in total. The summed E-state index contributed by atoms with van der Waals surface area (Å²) in [4.78, 5) is 27.4. The molecule has 1 unspecified atom stereocenters. The Balaban J connectivity index is 1.72. The SMILES string of the molecule is CCOC(=O)N(c1nnccc1C(F)(F)F)C1CCN(C(=O)COc2ccc(CO)cc2)C1. The van der Waals surface area contributed by atoms with Crippen molar-refractivity contribution in [3.8, 4) is 5.75 Å². The summed E-state index contributed by atoms with van der Waals surface area (Å²) < 4.78 is 51.0. The molecule has 9 nitrogen and oxygen atoms in total. The van der Waals surface area contributed by atoms with Crippen molar-refractivity contribution in [1.29, 1.82) is 0 Å². The zero-order chi connectivity index (χ0) is 24.0. The molecule has 1 saturated heterocycles. The first-order valence-corrected chi connectivity index (χ1v) is 10.2. The zero-order valence-corrected chi connectivity index (χ0v) is 17.8. The van der Waals surface area contributed by atoms with Crippen LogP contribution in [0.25, 0.3) is 0 Å². The smallest absolute Gasteiger partial charge is 0.420 e. The highest BCUT2D eigenvalue weighted by Gasteiger charge is 2.42. The topological polar surface area (TPSA) is 105 Å². The molecule has 3 rings (SSSR count). The van der Waals surface area contributed by atoms with E-state index in [1.807, 2.05) is 0 Å². The molecule has 2 heterocycles. The Morgan fingerprint density at radius 1 is 1.24 bits per heavy atom. The van der Waals surface area contributed by atoms with Gasteiger partial charge in [-0.05, 0) is 37.1 Å². The van der Waals surface area contributed by atoms with E-state index in [1.165, 1.54) is 11.8 Å². The van der Waals surface area contributed by atoms with Crippen LogP contribution >= 0.6 is 0 Å². The zero-order valence-electron chi connectivity index (χ0n) is 17.8. The summed E-state index contributed by atoms with van der Waals surface area (Å²) in [6, 6.07) is 6.49. The summed E-state index contributed by atoms with van der Waals surface area (Å²) in [5.41, 5.74) is -0.428. The van der Waals surface area contributed by atoms with Crippen molar-refractivity contribution in [2.75, 3.05) is 31.2 Å². The Bertz CT molecular complexity index is 971. The molecule has 2 aromatic rings. The Hall–Kier alpha value is -3.41. The molecule has 2 amide bonds. The van der Waals surface area contributed by atoms with Crippen LogP contribution in [0, 0.1) is 0 Å². The summed E-state index contributed by atoms with van der Waals surface area (Å²) >= 11 is 0. The van der Waals surface area contributed by atoms with Crippen molar-refractivity contribution in [2.24, 2.45) is 0 Å². The summed E-state index contributed by atoms with van der Waals surface area (Å²) in [5, 5.41) is 16.1. The highest BCUT2D eigenvalue weighted by Crippen LogP contribution is 2.36. The number of likely N-dealkylation sites (tertiary alicyclic amines) is 1. The molecule has 1 atom stereocenters. The van der Waals surface area contributed by atoms with Crippen molar-refractivity contribution in [2.45, 2.75) is 32.2 Å². The minimum Gasteiger partial charge on any atom is -0.484 e. The number of nitrogens with zero attached hydrogens (tertiary/aromatic N) is 4. The van der Waals surface area contributed by atoms with Crippen LogP contribution in [-0.4, -0.2) is 64.5 Å². The summed E-state index contributed by atoms with van der Waals surface area (Å²) in [6.45, 7) is 1.28. The van der Waals surface area contributed by atoms with Crippen LogP contribution in [0.15, 0.2) is 36.5 Å². The summed E-state index contributed by atoms with van der Waals surface area (Å²) in [5.74, 6) is -0.621. The van der Waals surface area contributed by atoms with Crippen LogP contribution < -0.4 is 9.64 Å². The van der Waals surface area contributed by atoms with Crippen molar-refractivity contribution in [3.63, 3.8) is 0 Å². The van der Waals surface area contributed by atoms with Crippen LogP contribution in [0.3, 0.4) is 0 Å². The Morgan fingerprint density at radius 3 is 2.61 bits per heavy atom. The Morgan fingerprint density at radius 2 is 1.97 bits per heavy atom. The number of carbonyl (C=O) groups is 2. The van der Waals surface area contributed by atoms with Gasteiger partial charge in [-0.1, -0.05) is 12.1 Å². The number of halogens is 3. The highest BCUT2D eigenvalue weighted by molar-refractivity contribution is 5.88. The third-order valence-electron chi connectivity index (χ3n) is 5.05. The average molecular weight is 468 g/mol. The van der Waals surface area contributed by atoms with Crippen molar-refractivity contribution < 1.29 is 37.3 Å². The van der Waals surface area contributed by atoms with Crippen LogP contribution in [0.5, 0.6) is 5.75 Å². The molecular formula is C21H23F3N4O5. The van der Waals surface area contributed by atoms with Gasteiger partial charge in [-0.3, -0.25) is 9.69 Å². The van der Waals surface area contributed by atoms with Crippen molar-refractivity contribution in [1.82, 2.24) is 15.1 Å². The molecule has 0 spiro atoms. The predicted octanol–water partition coefficient (Wildman–Crippen LogP) is 2.63. The fraction of sp³-hybridized carbons (Fsp3) is 0.429. The normalized spacial score (nSPS) is 15.9. The second-order valence-corrected chi connectivity index (χ2v) is 7.21. The van der Waals surface area contributed by atoms with Crippen molar-refractivity contribution in [3.05, 3.63) is 47.7 Å². The molecule has 1 fully saturated rings. The first-order chi connectivity index (χ1) is 15.7. The lowest BCUT2D eigenvalue weighted by Crippen LogP contribution is -2.45. The van der Waals surface area contributed by atoms with E-state index in [2.05, 4.69) is 10.2 Å². The minimum absolute atomic E-state index is 0.0155. The molecule has 0 aliphatic carbocycles. The lowest BCUT2D eigenvalue weighted by Gasteiger charge is -2.28. The van der Waals surface area contributed by atoms with Gasteiger partial charge in [0.15, 0.2) is 12.4 Å². The molecule has 1 aliphatic rings. The molecule has 1 aromatic carbocycles. The van der Waals surface area contributed by atoms with Gasteiger partial charge < -0.3 is 19.5 Å². The largest absolute Gasteiger partial charge is 0.484 e. The second kappa shape index (κ2) is 10.5. The van der Waals surface area contributed by atoms with E-state index in [1.54, 1.807) is 24.3 Å². The van der Waals surface area contributed by atoms with Gasteiger partial charge in [0, 0.05) is 13.1 Å². The molecule has 0 saturated carbocycles. The van der Waals surface area contributed by atoms with Crippen LogP contribution in [-0.2, 0) is 22.3 Å². The predicted molar refractivity (Wildman–Crippen MR) is 109 cm³/mol. The molecule has 178 valence electrons. The maximum absolute atomic E-state index is 13.5. The van der Waals surface area contributed by atoms with Gasteiger partial charge in [0.2, 0.25) is 0 Å². The van der Waals surface area contributed by atoms with Gasteiger partial charge in [0.05, 0.1) is 25.5 Å². The van der Waals surface area contributed by atoms with E-state index in [-0.39, 0.29) is 45.2 Å². The molecule has 12 heteroatoms. The van der Waals surface area contributed by atoms with Gasteiger partial charge in [-0.25, -0.2) is 4.79 Å². The number of rotatable bonds is 7. The number of hydrogen-bond acceptors (Lipinski definition) is 7. The third-order valence-corrected chi connectivity index (χ3v) is 5.05. The number of hydrogen-bond donors (Lipinski definition) is 1. The monoisotopic (exact) mass is 468 g/mol. The minimum atomic E-state index is -4.76. The highest BCUT2D eigenvalue weighted by atomic mass is 19.4. The number of aliphatic hydroxyl groups excluding tert-OH is 1. The van der Waals surface area contributed by atoms with E-state index in [9.17, 15) is 22.8 Å². The summed E-state index contributed by atoms with van der Waals surface area (Å²) in [6.07, 6.45) is -4.64. The van der Waals surface area contributed by atoms with E-state index in [0.717, 1.165) is 17.2 Å². The number of ether oxygens (including phenoxy) is 2. The van der Waals surface area contributed by atoms with Crippen molar-refractivity contribution >= 4 is 17.8 Å². The van der Waals surface area contributed by atoms with Crippen LogP contribution in [0.1, 0.15) is 24.5 Å². The maximum atomic E-state index is 13.5. The standard InChI is InChI=1S/C21H23F3N4O5/c1-2-32-20(31)28(19-17(21(22,23)24)7-9-25-26-19)15-8-10-27(11-15)18(30)13-33-16-5-3-14(12-29)4-6-16/h3-7,9,15,29H,2,8,10-13H2,1H3. The molecule has 1 aromatic heterocycles. The summed E-state index contributed by atoms with van der Waals surface area (Å²) in [7, 11) is 0. The van der Waals surface area contributed by atoms with Gasteiger partial charge in [0.1, 0.15) is 11.3 Å². The van der Waals surface area contributed by atoms with E-state index in [4.69, 9.17) is 14.6 Å². The van der Waals surface area contributed by atoms with Gasteiger partial charge in [-0.2, -0.15) is 18.3 Å². The lowest BCUT2D eigenvalue weighted by molar-refractivity contribution is -0.137. The molecule has 33 heavy (non-hydrogen) atoms. The average Bonchev–Trinajstić information content (AvgIpc) is 3.27. The van der Waals surface area contributed by atoms with E-state index < -0.39 is 29.7 Å². The van der Waals surface area contributed by atoms with Gasteiger partial charge in [0.25, 0.3) is 5.91 Å². The van der Waals surface area contributed by atoms with E-state index >= 15 is 0 Å². The molecule has 0 bridgehead atoms. The number of anilines is 1. The number of carbonyl (C=O) groups excluding carboxylic acids is 2. The van der Waals surface area contributed by atoms with Crippen LogP contribution in [0.4, 0.5) is 23.8 Å². The molecular weight excluding hydrogens is 445 g/mol. The van der Waals surface area contributed by atoms with E-state index in [0.29, 0.717) is 11.3 Å². The molecule has 1 aliphatic heterocycles. The maximum Gasteiger partial charge on any atom is 0.420 e. The van der Waals surface area contributed by atoms with Crippen LogP contribution in [0.2, 0.25) is 0 Å². The third kappa shape index (κ3) is 5.89. The fourth-order valence-electron chi connectivity index (χ4n) is 3.43. The number of benzene rings is 1. The first-order valence-electron chi connectivity index (χ1n) is 10.2. The number of aromatic nitrogens is 2. The molecule has 0 radical (unpaired) electrons. The fourth-order valence-corrected chi connectivity index (χ4v) is 3.43. The first kappa shape index (κ1) is 24.2. The number of aliphatic hydroxyl groups is 1. The number of amides is 2. The lowest BCUT2D eigenvalue weighted by atomic mass is 10.2. The van der Waals surface area contributed by atoms with Gasteiger partial charge in [-0.15, -0.1) is 5.10 Å². The quantitative estimate of drug-likeness (QED) is 0.666. The number of alkyl halides is 3. The second-order valence-electron chi connectivity index (χ2n) is 7.21.